The summed E-state index contributed by atoms with van der Waals surface area (Å²) in [6.07, 6.45) is 2.66. The van der Waals surface area contributed by atoms with Gasteiger partial charge in [0, 0.05) is 17.6 Å². The van der Waals surface area contributed by atoms with Gasteiger partial charge in [-0.05, 0) is 0 Å². The van der Waals surface area contributed by atoms with Crippen molar-refractivity contribution in [1.82, 2.24) is 4.98 Å². The van der Waals surface area contributed by atoms with Gasteiger partial charge in [0.05, 0.1) is 7.11 Å². The Morgan fingerprint density at radius 1 is 1.59 bits per heavy atom. The minimum Gasteiger partial charge on any atom is -0.490 e. The summed E-state index contributed by atoms with van der Waals surface area (Å²) in [5.74, 6) is -0.568. The maximum Gasteiger partial charge on any atom is 0.293 e. The van der Waals surface area contributed by atoms with Gasteiger partial charge in [0.15, 0.2) is 10.9 Å². The van der Waals surface area contributed by atoms with Crippen LogP contribution in [0.1, 0.15) is 10.6 Å². The molecule has 6 nitrogen and oxygen atoms in total. The van der Waals surface area contributed by atoms with Crippen molar-refractivity contribution in [3.8, 4) is 5.75 Å². The summed E-state index contributed by atoms with van der Waals surface area (Å²) >= 11 is 1.27. The SMILES string of the molecule is COc1coc(C(=O)Nc2nccs2)cc1=O. The third kappa shape index (κ3) is 2.51. The molecule has 2 aromatic rings. The van der Waals surface area contributed by atoms with Gasteiger partial charge in [-0.25, -0.2) is 4.98 Å². The molecule has 88 valence electrons. The number of anilines is 1. The molecule has 2 aromatic heterocycles. The molecule has 0 saturated carbocycles. The highest BCUT2D eigenvalue weighted by molar-refractivity contribution is 7.13. The highest BCUT2D eigenvalue weighted by Gasteiger charge is 2.12. The molecular weight excluding hydrogens is 244 g/mol. The Morgan fingerprint density at radius 2 is 2.41 bits per heavy atom. The van der Waals surface area contributed by atoms with Gasteiger partial charge in [-0.3, -0.25) is 14.9 Å². The highest BCUT2D eigenvalue weighted by atomic mass is 32.1. The lowest BCUT2D eigenvalue weighted by atomic mass is 10.3. The van der Waals surface area contributed by atoms with Gasteiger partial charge >= 0.3 is 0 Å². The molecule has 1 N–H and O–H groups in total. The summed E-state index contributed by atoms with van der Waals surface area (Å²) in [7, 11) is 1.35. The summed E-state index contributed by atoms with van der Waals surface area (Å²) in [4.78, 5) is 26.9. The fourth-order valence-electron chi connectivity index (χ4n) is 1.11. The van der Waals surface area contributed by atoms with Crippen molar-refractivity contribution in [3.63, 3.8) is 0 Å². The first-order chi connectivity index (χ1) is 8.20. The van der Waals surface area contributed by atoms with Gasteiger partial charge in [-0.2, -0.15) is 0 Å². The number of nitrogens with one attached hydrogen (secondary N) is 1. The molecule has 0 aliphatic heterocycles. The first kappa shape index (κ1) is 11.3. The second-order valence-corrected chi connectivity index (χ2v) is 3.86. The number of hydrogen-bond acceptors (Lipinski definition) is 6. The van der Waals surface area contributed by atoms with Crippen LogP contribution < -0.4 is 15.5 Å². The third-order valence-corrected chi connectivity index (χ3v) is 2.58. The molecule has 17 heavy (non-hydrogen) atoms. The first-order valence-electron chi connectivity index (χ1n) is 4.58. The zero-order valence-electron chi connectivity index (χ0n) is 8.80. The topological polar surface area (TPSA) is 81.4 Å². The quantitative estimate of drug-likeness (QED) is 0.891. The van der Waals surface area contributed by atoms with Crippen LogP contribution in [0.5, 0.6) is 5.75 Å². The number of ether oxygens (including phenoxy) is 1. The molecule has 0 spiro atoms. The Balaban J connectivity index is 2.20. The second kappa shape index (κ2) is 4.79. The molecular formula is C10H8N2O4S. The van der Waals surface area contributed by atoms with Crippen LogP contribution in [0.3, 0.4) is 0 Å². The van der Waals surface area contributed by atoms with Crippen molar-refractivity contribution < 1.29 is 13.9 Å². The van der Waals surface area contributed by atoms with Gasteiger partial charge in [0.1, 0.15) is 6.26 Å². The Morgan fingerprint density at radius 3 is 3.00 bits per heavy atom. The molecule has 2 heterocycles. The molecule has 0 bridgehead atoms. The summed E-state index contributed by atoms with van der Waals surface area (Å²) < 4.78 is 9.72. The Labute approximate surface area is 99.9 Å². The summed E-state index contributed by atoms with van der Waals surface area (Å²) in [6.45, 7) is 0. The number of rotatable bonds is 3. The van der Waals surface area contributed by atoms with Crippen molar-refractivity contribution in [3.05, 3.63) is 39.9 Å². The molecule has 0 saturated heterocycles. The lowest BCUT2D eigenvalue weighted by molar-refractivity contribution is 0.0993. The van der Waals surface area contributed by atoms with Gasteiger partial charge < -0.3 is 9.15 Å². The monoisotopic (exact) mass is 252 g/mol. The van der Waals surface area contributed by atoms with Crippen molar-refractivity contribution in [2.75, 3.05) is 12.4 Å². The van der Waals surface area contributed by atoms with Crippen molar-refractivity contribution in [1.29, 1.82) is 0 Å². The summed E-state index contributed by atoms with van der Waals surface area (Å²) in [5.41, 5.74) is -0.414. The lowest BCUT2D eigenvalue weighted by Crippen LogP contribution is -2.15. The van der Waals surface area contributed by atoms with Gasteiger partial charge in [0.2, 0.25) is 11.2 Å². The van der Waals surface area contributed by atoms with Crippen LogP contribution in [0.15, 0.2) is 33.1 Å². The van der Waals surface area contributed by atoms with E-state index in [9.17, 15) is 9.59 Å². The molecule has 0 radical (unpaired) electrons. The minimum absolute atomic E-state index is 0.0517. The number of carbonyl (C=O) groups excluding carboxylic acids is 1. The van der Waals surface area contributed by atoms with E-state index in [1.165, 1.54) is 18.4 Å². The largest absolute Gasteiger partial charge is 0.490 e. The van der Waals surface area contributed by atoms with Crippen LogP contribution in [0.4, 0.5) is 5.13 Å². The van der Waals surface area contributed by atoms with Crippen LogP contribution in [0, 0.1) is 0 Å². The van der Waals surface area contributed by atoms with E-state index in [0.717, 1.165) is 12.3 Å². The van der Waals surface area contributed by atoms with Crippen molar-refractivity contribution >= 4 is 22.4 Å². The molecule has 0 unspecified atom stereocenters. The summed E-state index contributed by atoms with van der Waals surface area (Å²) in [6, 6.07) is 1.07. The van der Waals surface area contributed by atoms with Gasteiger partial charge in [-0.1, -0.05) is 0 Å². The van der Waals surface area contributed by atoms with Crippen LogP contribution in [0.2, 0.25) is 0 Å². The molecule has 7 heteroatoms. The van der Waals surface area contributed by atoms with E-state index in [4.69, 9.17) is 9.15 Å². The van der Waals surface area contributed by atoms with Crippen molar-refractivity contribution in [2.24, 2.45) is 0 Å². The Kier molecular flexibility index (Phi) is 3.20. The average Bonchev–Trinajstić information content (AvgIpc) is 2.81. The smallest absolute Gasteiger partial charge is 0.293 e. The number of amides is 1. The van der Waals surface area contributed by atoms with E-state index in [2.05, 4.69) is 10.3 Å². The first-order valence-corrected chi connectivity index (χ1v) is 5.46. The number of aromatic nitrogens is 1. The number of methoxy groups -OCH3 is 1. The van der Waals surface area contributed by atoms with Crippen molar-refractivity contribution in [2.45, 2.75) is 0 Å². The third-order valence-electron chi connectivity index (χ3n) is 1.89. The molecule has 0 fully saturated rings. The van der Waals surface area contributed by atoms with E-state index in [0.29, 0.717) is 5.13 Å². The number of nitrogens with zero attached hydrogens (tertiary/aromatic N) is 1. The van der Waals surface area contributed by atoms with Crippen LogP contribution in [0.25, 0.3) is 0 Å². The fourth-order valence-corrected chi connectivity index (χ4v) is 1.63. The maximum absolute atomic E-state index is 11.6. The highest BCUT2D eigenvalue weighted by Crippen LogP contribution is 2.12. The molecule has 1 amide bonds. The fraction of sp³-hybridized carbons (Fsp3) is 0.100. The lowest BCUT2D eigenvalue weighted by Gasteiger charge is -2.01. The second-order valence-electron chi connectivity index (χ2n) is 2.97. The Hall–Kier alpha value is -2.15. The normalized spacial score (nSPS) is 9.94. The molecule has 0 atom stereocenters. The summed E-state index contributed by atoms with van der Waals surface area (Å²) in [5, 5.41) is 4.66. The molecule has 2 rings (SSSR count). The zero-order chi connectivity index (χ0) is 12.3. The van der Waals surface area contributed by atoms with E-state index in [1.807, 2.05) is 0 Å². The number of hydrogen-bond donors (Lipinski definition) is 1. The molecule has 0 aliphatic rings. The predicted molar refractivity (Wildman–Crippen MR) is 61.6 cm³/mol. The standard InChI is InChI=1S/C10H8N2O4S/c1-15-8-5-16-7(4-6(8)13)9(14)12-10-11-2-3-17-10/h2-5H,1H3,(H,11,12,14). The van der Waals surface area contributed by atoms with Crippen LogP contribution in [-0.4, -0.2) is 18.0 Å². The van der Waals surface area contributed by atoms with E-state index >= 15 is 0 Å². The van der Waals surface area contributed by atoms with Crippen LogP contribution >= 0.6 is 11.3 Å². The average molecular weight is 252 g/mol. The minimum atomic E-state index is -0.528. The molecule has 0 aromatic carbocycles. The number of carbonyl (C=O) groups is 1. The van der Waals surface area contributed by atoms with Crippen LogP contribution in [-0.2, 0) is 0 Å². The number of thiazole rings is 1. The van der Waals surface area contributed by atoms with Gasteiger partial charge in [-0.15, -0.1) is 11.3 Å². The maximum atomic E-state index is 11.6. The van der Waals surface area contributed by atoms with E-state index in [-0.39, 0.29) is 11.5 Å². The Bertz CT molecular complexity index is 576. The van der Waals surface area contributed by atoms with E-state index in [1.54, 1.807) is 11.6 Å². The predicted octanol–water partition coefficient (Wildman–Crippen LogP) is 1.36. The zero-order valence-corrected chi connectivity index (χ0v) is 9.61. The van der Waals surface area contributed by atoms with E-state index < -0.39 is 11.3 Å². The molecule has 0 aliphatic carbocycles. The van der Waals surface area contributed by atoms with Gasteiger partial charge in [0.25, 0.3) is 5.91 Å².